The monoisotopic (exact) mass is 189 g/mol. The number of hydrogen-bond donors (Lipinski definition) is 0. The molecule has 0 atom stereocenters. The second kappa shape index (κ2) is 6.23. The van der Waals surface area contributed by atoms with Gasteiger partial charge >= 0.3 is 68.8 Å². The van der Waals surface area contributed by atoms with Crippen molar-refractivity contribution in [1.29, 1.82) is 0 Å². The average Bonchev–Trinajstić information content (AvgIpc) is 1.83. The summed E-state index contributed by atoms with van der Waals surface area (Å²) in [6.07, 6.45) is 2.90. The van der Waals surface area contributed by atoms with E-state index >= 15 is 0 Å². The van der Waals surface area contributed by atoms with E-state index in [0.717, 1.165) is 0 Å². The summed E-state index contributed by atoms with van der Waals surface area (Å²) in [4.78, 5) is 0. The van der Waals surface area contributed by atoms with Crippen LogP contribution in [-0.2, 0) is 29.2 Å². The quantitative estimate of drug-likeness (QED) is 0.637. The first-order chi connectivity index (χ1) is 3.85. The van der Waals surface area contributed by atoms with Gasteiger partial charge in [0.15, 0.2) is 0 Å². The van der Waals surface area contributed by atoms with Crippen molar-refractivity contribution >= 4 is 0 Å². The molecule has 0 saturated carbocycles. The summed E-state index contributed by atoms with van der Waals surface area (Å²) >= 11 is -0.0647. The fourth-order valence-electron chi connectivity index (χ4n) is 0.955. The maximum atomic E-state index is 2.35. The summed E-state index contributed by atoms with van der Waals surface area (Å²) in [7, 11) is 0. The minimum absolute atomic E-state index is 0.0647. The Morgan fingerprint density at radius 3 is 1.75 bits per heavy atom. The van der Waals surface area contributed by atoms with Crippen molar-refractivity contribution in [2.75, 3.05) is 0 Å². The molecule has 0 aliphatic rings. The van der Waals surface area contributed by atoms with Gasteiger partial charge < -0.3 is 0 Å². The van der Waals surface area contributed by atoms with Crippen LogP contribution in [0.4, 0.5) is 0 Å². The van der Waals surface area contributed by atoms with E-state index in [9.17, 15) is 0 Å². The zero-order chi connectivity index (χ0) is 6.41. The van der Waals surface area contributed by atoms with Gasteiger partial charge in [0.05, 0.1) is 0 Å². The second-order valence-corrected chi connectivity index (χ2v) is 7.70. The van der Waals surface area contributed by atoms with Crippen molar-refractivity contribution in [3.8, 4) is 0 Å². The van der Waals surface area contributed by atoms with Crippen LogP contribution >= 0.6 is 0 Å². The SMILES string of the molecule is C[CH2][Y][CH](CC)CC. The molecule has 0 N–H and O–H groups in total. The average molecular weight is 189 g/mol. The first-order valence-electron chi connectivity index (χ1n) is 3.68. The summed E-state index contributed by atoms with van der Waals surface area (Å²) in [5.74, 6) is 0. The molecule has 0 radical (unpaired) electrons. The van der Waals surface area contributed by atoms with E-state index in [1.807, 2.05) is 0 Å². The molecule has 0 fully saturated rings. The Morgan fingerprint density at radius 1 is 1.12 bits per heavy atom. The summed E-state index contributed by atoms with van der Waals surface area (Å²) in [5, 5.41) is 0. The molecule has 0 amide bonds. The van der Waals surface area contributed by atoms with Gasteiger partial charge in [0.25, 0.3) is 0 Å². The Balaban J connectivity index is 3.07. The van der Waals surface area contributed by atoms with Crippen LogP contribution in [-0.4, -0.2) is 0 Å². The van der Waals surface area contributed by atoms with E-state index in [1.54, 1.807) is 3.23 Å². The summed E-state index contributed by atoms with van der Waals surface area (Å²) in [5.41, 5.74) is 0. The van der Waals surface area contributed by atoms with Gasteiger partial charge in [0, 0.05) is 0 Å². The van der Waals surface area contributed by atoms with E-state index < -0.39 is 0 Å². The van der Waals surface area contributed by atoms with Gasteiger partial charge in [-0.25, -0.2) is 0 Å². The zero-order valence-corrected chi connectivity index (χ0v) is 9.11. The minimum atomic E-state index is -0.0647. The van der Waals surface area contributed by atoms with E-state index in [-0.39, 0.29) is 29.2 Å². The van der Waals surface area contributed by atoms with Crippen LogP contribution in [0.15, 0.2) is 0 Å². The molecule has 0 heterocycles. The normalized spacial score (nSPS) is 9.50. The molecule has 0 aromatic heterocycles. The van der Waals surface area contributed by atoms with Crippen LogP contribution in [0.1, 0.15) is 33.6 Å². The zero-order valence-electron chi connectivity index (χ0n) is 6.28. The van der Waals surface area contributed by atoms with Crippen LogP contribution in [0.2, 0.25) is 5.96 Å². The van der Waals surface area contributed by atoms with Crippen LogP contribution in [0.3, 0.4) is 0 Å². The van der Waals surface area contributed by atoms with Gasteiger partial charge in [-0.2, -0.15) is 0 Å². The molecule has 0 nitrogen and oxygen atoms in total. The molecule has 0 aromatic carbocycles. The topological polar surface area (TPSA) is 0 Å². The third kappa shape index (κ3) is 4.03. The number of hydrogen-bond acceptors (Lipinski definition) is 0. The molecule has 0 spiro atoms. The van der Waals surface area contributed by atoms with Gasteiger partial charge in [-0.3, -0.25) is 0 Å². The fourth-order valence-corrected chi connectivity index (χ4v) is 4.23. The predicted molar refractivity (Wildman–Crippen MR) is 34.8 cm³/mol. The van der Waals surface area contributed by atoms with E-state index in [2.05, 4.69) is 20.8 Å². The van der Waals surface area contributed by atoms with Gasteiger partial charge in [-0.05, 0) is 0 Å². The Kier molecular flexibility index (Phi) is 7.09. The molecular weight excluding hydrogens is 173 g/mol. The first kappa shape index (κ1) is 9.10. The predicted octanol–water partition coefficient (Wildman–Crippen LogP) is 3.12. The van der Waals surface area contributed by atoms with Gasteiger partial charge in [0.1, 0.15) is 0 Å². The molecule has 0 aliphatic heterocycles. The van der Waals surface area contributed by atoms with Crippen molar-refractivity contribution in [1.82, 2.24) is 0 Å². The Labute approximate surface area is 68.4 Å². The molecule has 0 saturated heterocycles. The van der Waals surface area contributed by atoms with Crippen LogP contribution < -0.4 is 0 Å². The first-order valence-corrected chi connectivity index (χ1v) is 7.33. The fraction of sp³-hybridized carbons (Fsp3) is 1.00. The Bertz CT molecular complexity index is 39.7. The van der Waals surface area contributed by atoms with Crippen molar-refractivity contribution < 1.29 is 29.2 Å². The van der Waals surface area contributed by atoms with Crippen molar-refractivity contribution in [3.63, 3.8) is 0 Å². The standard InChI is InChI=1S/C5H11.C2H5.Y/c1-3-5-4-2;1-2;/h5H,3-4H2,1-2H3;1H2,2H3;. The molecule has 0 bridgehead atoms. The molecular formula is C7H16Y. The van der Waals surface area contributed by atoms with E-state index in [1.165, 1.54) is 15.6 Å². The van der Waals surface area contributed by atoms with Crippen molar-refractivity contribution in [2.24, 2.45) is 0 Å². The Hall–Kier alpha value is 1.10. The Morgan fingerprint density at radius 2 is 1.62 bits per heavy atom. The summed E-state index contributed by atoms with van der Waals surface area (Å²) in [6, 6.07) is 0. The third-order valence-corrected chi connectivity index (χ3v) is 6.73. The van der Waals surface area contributed by atoms with Gasteiger partial charge in [-0.1, -0.05) is 0 Å². The van der Waals surface area contributed by atoms with E-state index in [4.69, 9.17) is 0 Å². The van der Waals surface area contributed by atoms with Crippen molar-refractivity contribution in [2.45, 2.75) is 39.6 Å². The van der Waals surface area contributed by atoms with Crippen molar-refractivity contribution in [3.05, 3.63) is 0 Å². The second-order valence-electron chi connectivity index (χ2n) is 2.22. The van der Waals surface area contributed by atoms with Gasteiger partial charge in [0.2, 0.25) is 0 Å². The third-order valence-electron chi connectivity index (χ3n) is 1.62. The van der Waals surface area contributed by atoms with Crippen LogP contribution in [0.5, 0.6) is 0 Å². The van der Waals surface area contributed by atoms with E-state index in [0.29, 0.717) is 0 Å². The van der Waals surface area contributed by atoms with Crippen LogP contribution in [0.25, 0.3) is 0 Å². The maximum absolute atomic E-state index is 2.35. The van der Waals surface area contributed by atoms with Gasteiger partial charge in [-0.15, -0.1) is 0 Å². The molecule has 0 aromatic rings. The molecule has 47 valence electrons. The summed E-state index contributed by atoms with van der Waals surface area (Å²) in [6.45, 7) is 7.00. The molecule has 0 rings (SSSR count). The molecule has 8 heavy (non-hydrogen) atoms. The molecule has 0 aliphatic carbocycles. The summed E-state index contributed by atoms with van der Waals surface area (Å²) < 4.78 is 2.73. The molecule has 0 unspecified atom stereocenters. The van der Waals surface area contributed by atoms with Crippen LogP contribution in [0, 0.1) is 0 Å². The molecule has 1 heteroatoms. The number of rotatable bonds is 4.